The molecule has 0 amide bonds. The number of hydrogen-bond acceptors (Lipinski definition) is 3. The monoisotopic (exact) mass is 365 g/mol. The Morgan fingerprint density at radius 3 is 1.26 bits per heavy atom. The number of esters is 1. The first-order chi connectivity index (χ1) is 12.5. The zero-order chi connectivity index (χ0) is 20.6. The highest BCUT2D eigenvalue weighted by Crippen LogP contribution is 2.29. The predicted octanol–water partition coefficient (Wildman–Crippen LogP) is 3.74. The molecule has 0 atom stereocenters. The van der Waals surface area contributed by atoms with Crippen molar-refractivity contribution in [3.05, 3.63) is 44.5 Å². The fourth-order valence-electron chi connectivity index (χ4n) is 3.79. The van der Waals surface area contributed by atoms with Crippen LogP contribution in [-0.2, 0) is 4.79 Å². The molecule has 2 aromatic rings. The van der Waals surface area contributed by atoms with Gasteiger partial charge in [-0.3, -0.25) is 4.79 Å². The lowest BCUT2D eigenvalue weighted by atomic mass is 9.57. The molecule has 2 aromatic carbocycles. The van der Waals surface area contributed by atoms with Crippen molar-refractivity contribution in [3.63, 3.8) is 0 Å². The summed E-state index contributed by atoms with van der Waals surface area (Å²) in [4.78, 5) is 11.5. The van der Waals surface area contributed by atoms with E-state index in [1.54, 1.807) is 7.11 Å². The van der Waals surface area contributed by atoms with Crippen molar-refractivity contribution in [2.75, 3.05) is 7.11 Å². The van der Waals surface area contributed by atoms with Crippen LogP contribution in [-0.4, -0.2) is 20.4 Å². The zero-order valence-corrected chi connectivity index (χ0v) is 18.3. The van der Waals surface area contributed by atoms with Gasteiger partial charge in [0.2, 0.25) is 0 Å². The van der Waals surface area contributed by atoms with Gasteiger partial charge in [0.15, 0.2) is 7.28 Å². The summed E-state index contributed by atoms with van der Waals surface area (Å²) in [5, 5.41) is 0. The number of methoxy groups -OCH3 is 1. The molecule has 27 heavy (non-hydrogen) atoms. The molecular weight excluding hydrogens is 335 g/mol. The summed E-state index contributed by atoms with van der Waals surface area (Å²) in [7, 11) is 4.00. The second kappa shape index (κ2) is 7.79. The minimum Gasteiger partial charge on any atom is -0.496 e. The summed E-state index contributed by atoms with van der Waals surface area (Å²) >= 11 is 0. The van der Waals surface area contributed by atoms with E-state index in [1.165, 1.54) is 40.1 Å². The third-order valence-electron chi connectivity index (χ3n) is 5.97. The fourth-order valence-corrected chi connectivity index (χ4v) is 3.79. The van der Waals surface area contributed by atoms with Crippen molar-refractivity contribution in [2.24, 2.45) is 0 Å². The number of ether oxygens (including phenoxy) is 2. The van der Waals surface area contributed by atoms with E-state index >= 15 is 0 Å². The van der Waals surface area contributed by atoms with E-state index in [0.29, 0.717) is 5.75 Å². The molecule has 0 saturated heterocycles. The molecule has 0 aliphatic heterocycles. The Balaban J connectivity index is 2.68. The van der Waals surface area contributed by atoms with Crippen molar-refractivity contribution in [2.45, 2.75) is 62.3 Å². The van der Waals surface area contributed by atoms with Gasteiger partial charge in [0, 0.05) is 6.92 Å². The molecule has 1 radical (unpaired) electrons. The topological polar surface area (TPSA) is 35.5 Å². The molecule has 0 saturated carbocycles. The van der Waals surface area contributed by atoms with E-state index in [2.05, 4.69) is 48.8 Å². The van der Waals surface area contributed by atoms with Crippen LogP contribution >= 0.6 is 0 Å². The van der Waals surface area contributed by atoms with Crippen LogP contribution in [0.5, 0.6) is 11.5 Å². The quantitative estimate of drug-likeness (QED) is 0.470. The molecular formula is C23H30BO3. The highest BCUT2D eigenvalue weighted by Gasteiger charge is 2.21. The van der Waals surface area contributed by atoms with Crippen LogP contribution in [0.15, 0.2) is 0 Å². The molecule has 0 aliphatic carbocycles. The summed E-state index contributed by atoms with van der Waals surface area (Å²) in [5.41, 5.74) is 11.5. The number of hydrogen-bond donors (Lipinski definition) is 0. The Bertz CT molecular complexity index is 868. The van der Waals surface area contributed by atoms with Gasteiger partial charge in [0.25, 0.3) is 0 Å². The van der Waals surface area contributed by atoms with E-state index in [4.69, 9.17) is 9.47 Å². The summed E-state index contributed by atoms with van der Waals surface area (Å²) in [6.07, 6.45) is 0. The van der Waals surface area contributed by atoms with Gasteiger partial charge >= 0.3 is 5.97 Å². The van der Waals surface area contributed by atoms with E-state index in [-0.39, 0.29) is 5.97 Å². The van der Waals surface area contributed by atoms with Gasteiger partial charge in [0.1, 0.15) is 11.5 Å². The van der Waals surface area contributed by atoms with Gasteiger partial charge < -0.3 is 9.47 Å². The molecule has 0 fully saturated rings. The van der Waals surface area contributed by atoms with Gasteiger partial charge in [-0.05, 0) is 77.6 Å². The highest BCUT2D eigenvalue weighted by atomic mass is 16.5. The maximum Gasteiger partial charge on any atom is 0.308 e. The molecule has 3 nitrogen and oxygen atoms in total. The zero-order valence-electron chi connectivity index (χ0n) is 18.3. The van der Waals surface area contributed by atoms with Gasteiger partial charge in [-0.2, -0.15) is 0 Å². The van der Waals surface area contributed by atoms with Crippen molar-refractivity contribution < 1.29 is 14.3 Å². The van der Waals surface area contributed by atoms with Crippen molar-refractivity contribution >= 4 is 24.2 Å². The van der Waals surface area contributed by atoms with E-state index in [0.717, 1.165) is 28.0 Å². The molecule has 0 unspecified atom stereocenters. The first kappa shape index (κ1) is 21.1. The van der Waals surface area contributed by atoms with Gasteiger partial charge in [-0.15, -0.1) is 0 Å². The second-order valence-corrected chi connectivity index (χ2v) is 7.43. The lowest BCUT2D eigenvalue weighted by Crippen LogP contribution is -2.36. The number of carbonyl (C=O) groups is 1. The lowest BCUT2D eigenvalue weighted by Gasteiger charge is -2.23. The number of rotatable bonds is 4. The molecule has 2 rings (SSSR count). The minimum atomic E-state index is -0.287. The van der Waals surface area contributed by atoms with Crippen LogP contribution in [0.4, 0.5) is 0 Å². The Labute approximate surface area is 164 Å². The second-order valence-electron chi connectivity index (χ2n) is 7.43. The minimum absolute atomic E-state index is 0.287. The smallest absolute Gasteiger partial charge is 0.308 e. The van der Waals surface area contributed by atoms with E-state index in [1.807, 2.05) is 13.8 Å². The number of benzene rings is 2. The third-order valence-corrected chi connectivity index (χ3v) is 5.97. The standard InChI is InChI=1S/C23H30BO3/c1-11-15(5)22(26-10)16(6)12(2)20(11)24-21-13(3)17(7)23(27-19(9)25)18(8)14(21)4/h1-10H3. The molecule has 0 aliphatic rings. The van der Waals surface area contributed by atoms with Crippen LogP contribution in [0.2, 0.25) is 0 Å². The van der Waals surface area contributed by atoms with Crippen LogP contribution < -0.4 is 20.4 Å². The molecule has 0 spiro atoms. The van der Waals surface area contributed by atoms with Crippen LogP contribution in [0.1, 0.15) is 51.4 Å². The fraction of sp³-hybridized carbons (Fsp3) is 0.435. The molecule has 143 valence electrons. The van der Waals surface area contributed by atoms with Crippen molar-refractivity contribution in [1.29, 1.82) is 0 Å². The first-order valence-corrected chi connectivity index (χ1v) is 9.30. The maximum absolute atomic E-state index is 11.5. The first-order valence-electron chi connectivity index (χ1n) is 9.30. The molecule has 4 heteroatoms. The average molecular weight is 365 g/mol. The summed E-state index contributed by atoms with van der Waals surface area (Å²) in [6, 6.07) is 0. The average Bonchev–Trinajstić information content (AvgIpc) is 2.62. The predicted molar refractivity (Wildman–Crippen MR) is 114 cm³/mol. The Morgan fingerprint density at radius 1 is 0.630 bits per heavy atom. The van der Waals surface area contributed by atoms with E-state index < -0.39 is 0 Å². The van der Waals surface area contributed by atoms with Crippen molar-refractivity contribution in [1.82, 2.24) is 0 Å². The normalized spacial score (nSPS) is 10.7. The van der Waals surface area contributed by atoms with Gasteiger partial charge in [-0.25, -0.2) is 0 Å². The van der Waals surface area contributed by atoms with Gasteiger partial charge in [-0.1, -0.05) is 33.2 Å². The van der Waals surface area contributed by atoms with Crippen LogP contribution in [0.3, 0.4) is 0 Å². The third kappa shape index (κ3) is 3.62. The SMILES string of the molecule is COc1c(C)c(C)c([B]c2c(C)c(C)c(OC(C)=O)c(C)c2C)c(C)c1C. The number of carbonyl (C=O) groups excluding carboxylic acids is 1. The molecule has 0 N–H and O–H groups in total. The summed E-state index contributed by atoms with van der Waals surface area (Å²) < 4.78 is 11.1. The largest absolute Gasteiger partial charge is 0.496 e. The van der Waals surface area contributed by atoms with E-state index in [9.17, 15) is 4.79 Å². The van der Waals surface area contributed by atoms with Crippen LogP contribution in [0.25, 0.3) is 0 Å². The Morgan fingerprint density at radius 2 is 0.963 bits per heavy atom. The Hall–Kier alpha value is -2.23. The maximum atomic E-state index is 11.5. The summed E-state index contributed by atoms with van der Waals surface area (Å²) in [6.45, 7) is 18.2. The Kier molecular flexibility index (Phi) is 6.09. The summed E-state index contributed by atoms with van der Waals surface area (Å²) in [5.74, 6) is 1.36. The lowest BCUT2D eigenvalue weighted by molar-refractivity contribution is -0.131. The molecule has 0 heterocycles. The van der Waals surface area contributed by atoms with Crippen LogP contribution in [0, 0.1) is 55.4 Å². The van der Waals surface area contributed by atoms with Crippen molar-refractivity contribution in [3.8, 4) is 11.5 Å². The molecule has 0 bridgehead atoms. The van der Waals surface area contributed by atoms with Gasteiger partial charge in [0.05, 0.1) is 7.11 Å². The highest BCUT2D eigenvalue weighted by molar-refractivity contribution is 6.69. The molecule has 0 aromatic heterocycles.